The number of allylic oxidation sites excluding steroid dienone is 2. The number of hydrogen-bond donors (Lipinski definition) is 0. The van der Waals surface area contributed by atoms with Gasteiger partial charge in [0.1, 0.15) is 5.78 Å². The maximum Gasteiger partial charge on any atom is 0.139 e. The fourth-order valence-corrected chi connectivity index (χ4v) is 7.74. The van der Waals surface area contributed by atoms with Gasteiger partial charge in [-0.25, -0.2) is 0 Å². The van der Waals surface area contributed by atoms with Gasteiger partial charge >= 0.3 is 0 Å². The summed E-state index contributed by atoms with van der Waals surface area (Å²) >= 11 is 0. The van der Waals surface area contributed by atoms with Crippen LogP contribution in [0.25, 0.3) is 0 Å². The van der Waals surface area contributed by atoms with E-state index >= 15 is 0 Å². The summed E-state index contributed by atoms with van der Waals surface area (Å²) in [4.78, 5) is 19.4. The second-order valence-corrected chi connectivity index (χ2v) is 11.3. The number of nitrogens with zero attached hydrogens (tertiary/aromatic N) is 2. The first kappa shape index (κ1) is 21.3. The molecule has 0 aromatic rings. The van der Waals surface area contributed by atoms with E-state index in [-0.39, 0.29) is 5.41 Å². The number of ketones is 1. The zero-order valence-corrected chi connectivity index (χ0v) is 19.3. The Kier molecular flexibility index (Phi) is 6.08. The molecule has 0 aliphatic heterocycles. The molecule has 0 heterocycles. The largest absolute Gasteiger partial charge is 0.309 e. The van der Waals surface area contributed by atoms with Crippen molar-refractivity contribution >= 4 is 12.0 Å². The van der Waals surface area contributed by atoms with E-state index in [2.05, 4.69) is 50.1 Å². The minimum absolute atomic E-state index is 0.0210. The molecule has 4 aliphatic rings. The number of carbonyl (C=O) groups excluding carboxylic acids is 1. The van der Waals surface area contributed by atoms with E-state index in [0.717, 1.165) is 50.1 Å². The monoisotopic (exact) mass is 398 g/mol. The summed E-state index contributed by atoms with van der Waals surface area (Å²) in [6, 6.07) is 0. The topological polar surface area (TPSA) is 32.7 Å². The molecule has 3 nitrogen and oxygen atoms in total. The highest BCUT2D eigenvalue weighted by molar-refractivity contribution is 5.87. The van der Waals surface area contributed by atoms with Gasteiger partial charge in [-0.1, -0.05) is 19.4 Å². The quantitative estimate of drug-likeness (QED) is 0.449. The average Bonchev–Trinajstić information content (AvgIpc) is 2.99. The van der Waals surface area contributed by atoms with Crippen molar-refractivity contribution in [1.29, 1.82) is 0 Å². The fourth-order valence-electron chi connectivity index (χ4n) is 7.74. The zero-order valence-electron chi connectivity index (χ0n) is 19.3. The predicted molar refractivity (Wildman–Crippen MR) is 121 cm³/mol. The van der Waals surface area contributed by atoms with E-state index in [4.69, 9.17) is 0 Å². The molecule has 0 aromatic carbocycles. The smallest absolute Gasteiger partial charge is 0.139 e. The second kappa shape index (κ2) is 8.29. The van der Waals surface area contributed by atoms with Crippen LogP contribution in [0.15, 0.2) is 16.6 Å². The van der Waals surface area contributed by atoms with E-state index in [0.29, 0.717) is 17.1 Å². The maximum absolute atomic E-state index is 12.6. The Morgan fingerprint density at radius 1 is 1.07 bits per heavy atom. The predicted octanol–water partition coefficient (Wildman–Crippen LogP) is 5.55. The first-order valence-corrected chi connectivity index (χ1v) is 12.2. The lowest BCUT2D eigenvalue weighted by molar-refractivity contribution is -0.137. The lowest BCUT2D eigenvalue weighted by Gasteiger charge is -2.59. The third kappa shape index (κ3) is 3.89. The molecule has 4 aliphatic carbocycles. The van der Waals surface area contributed by atoms with Crippen LogP contribution in [-0.2, 0) is 4.79 Å². The molecule has 0 aromatic heterocycles. The van der Waals surface area contributed by atoms with Crippen molar-refractivity contribution in [2.75, 3.05) is 27.2 Å². The number of rotatable bonds is 5. The Morgan fingerprint density at radius 2 is 1.90 bits per heavy atom. The van der Waals surface area contributed by atoms with Crippen LogP contribution in [0, 0.1) is 34.5 Å². The normalized spacial score (nSPS) is 43.6. The maximum atomic E-state index is 12.6. The molecule has 162 valence electrons. The molecule has 0 bridgehead atoms. The average molecular weight is 399 g/mol. The Bertz CT molecular complexity index is 680. The summed E-state index contributed by atoms with van der Waals surface area (Å²) in [5.41, 5.74) is 2.14. The SMILES string of the molecule is CN(C)CCC/N=C/C=C1\CC[C@@]2(C)C(CCC3C2CC[C@]2(C)C(=O)CCC32)C1. The summed E-state index contributed by atoms with van der Waals surface area (Å²) < 4.78 is 0. The molecule has 0 radical (unpaired) electrons. The highest BCUT2D eigenvalue weighted by Gasteiger charge is 2.59. The van der Waals surface area contributed by atoms with E-state index in [1.54, 1.807) is 5.57 Å². The van der Waals surface area contributed by atoms with Crippen molar-refractivity contribution in [2.45, 2.75) is 78.1 Å². The Balaban J connectivity index is 1.38. The molecule has 4 rings (SSSR count). The molecular formula is C26H42N2O. The summed E-state index contributed by atoms with van der Waals surface area (Å²) in [6.45, 7) is 6.96. The Labute approximate surface area is 178 Å². The number of fused-ring (bicyclic) bond motifs is 5. The van der Waals surface area contributed by atoms with Gasteiger partial charge in [0.15, 0.2) is 0 Å². The highest BCUT2D eigenvalue weighted by atomic mass is 16.1. The van der Waals surface area contributed by atoms with E-state index in [1.807, 2.05) is 0 Å². The first-order valence-electron chi connectivity index (χ1n) is 12.2. The first-order chi connectivity index (χ1) is 13.8. The molecule has 4 unspecified atom stereocenters. The molecule has 29 heavy (non-hydrogen) atoms. The van der Waals surface area contributed by atoms with E-state index in [9.17, 15) is 4.79 Å². The van der Waals surface area contributed by atoms with Crippen LogP contribution in [0.2, 0.25) is 0 Å². The van der Waals surface area contributed by atoms with Gasteiger partial charge in [0.25, 0.3) is 0 Å². The summed E-state index contributed by atoms with van der Waals surface area (Å²) in [5, 5.41) is 0. The molecule has 4 fully saturated rings. The molecule has 0 saturated heterocycles. The van der Waals surface area contributed by atoms with Crippen LogP contribution in [0.5, 0.6) is 0 Å². The standard InChI is InChI=1S/C26H42N2O/c1-25-13-10-19(12-16-27-15-5-17-28(3)4)18-20(25)6-7-21-22-8-9-24(29)26(22,2)14-11-23(21)25/h12,16,20-23H,5-11,13-15,17-18H2,1-4H3/b19-12+,27-16+/t20?,21?,22?,23?,25-,26-/m0/s1. The number of aliphatic imine (C=N–C) groups is 1. The summed E-state index contributed by atoms with van der Waals surface area (Å²) in [7, 11) is 4.24. The van der Waals surface area contributed by atoms with Crippen LogP contribution in [0.1, 0.15) is 78.1 Å². The third-order valence-corrected chi connectivity index (χ3v) is 9.58. The second-order valence-electron chi connectivity index (χ2n) is 11.3. The van der Waals surface area contributed by atoms with E-state index < -0.39 is 0 Å². The molecule has 0 spiro atoms. The molecule has 6 atom stereocenters. The van der Waals surface area contributed by atoms with Crippen molar-refractivity contribution in [1.82, 2.24) is 4.90 Å². The molecule has 0 amide bonds. The van der Waals surface area contributed by atoms with Gasteiger partial charge in [0, 0.05) is 24.6 Å². The van der Waals surface area contributed by atoms with Crippen LogP contribution in [0.3, 0.4) is 0 Å². The van der Waals surface area contributed by atoms with Gasteiger partial charge < -0.3 is 4.90 Å². The molecule has 3 heteroatoms. The van der Waals surface area contributed by atoms with Crippen molar-refractivity contribution in [3.63, 3.8) is 0 Å². The van der Waals surface area contributed by atoms with Gasteiger partial charge in [0.05, 0.1) is 0 Å². The van der Waals surface area contributed by atoms with Crippen molar-refractivity contribution in [3.05, 3.63) is 11.6 Å². The zero-order chi connectivity index (χ0) is 20.6. The summed E-state index contributed by atoms with van der Waals surface area (Å²) in [5.74, 6) is 3.76. The Morgan fingerprint density at radius 3 is 2.69 bits per heavy atom. The van der Waals surface area contributed by atoms with Crippen LogP contribution in [-0.4, -0.2) is 44.1 Å². The molecular weight excluding hydrogens is 356 g/mol. The van der Waals surface area contributed by atoms with Crippen molar-refractivity contribution < 1.29 is 4.79 Å². The van der Waals surface area contributed by atoms with Gasteiger partial charge in [0.2, 0.25) is 0 Å². The lowest BCUT2D eigenvalue weighted by atomic mass is 9.45. The lowest BCUT2D eigenvalue weighted by Crippen LogP contribution is -2.53. The Hall–Kier alpha value is -0.960. The minimum atomic E-state index is 0.0210. The van der Waals surface area contributed by atoms with Gasteiger partial charge in [-0.2, -0.15) is 0 Å². The number of Topliss-reactive ketones (excluding diaryl/α,β-unsaturated/α-hetero) is 1. The van der Waals surface area contributed by atoms with Gasteiger partial charge in [-0.05, 0) is 114 Å². The van der Waals surface area contributed by atoms with Gasteiger partial charge in [-0.15, -0.1) is 0 Å². The minimum Gasteiger partial charge on any atom is -0.309 e. The number of carbonyl (C=O) groups is 1. The molecule has 0 N–H and O–H groups in total. The highest BCUT2D eigenvalue weighted by Crippen LogP contribution is 2.65. The van der Waals surface area contributed by atoms with Crippen molar-refractivity contribution in [3.8, 4) is 0 Å². The molecule has 4 saturated carbocycles. The van der Waals surface area contributed by atoms with Crippen LogP contribution in [0.4, 0.5) is 0 Å². The van der Waals surface area contributed by atoms with Gasteiger partial charge in [-0.3, -0.25) is 9.79 Å². The fraction of sp³-hybridized carbons (Fsp3) is 0.846. The van der Waals surface area contributed by atoms with Crippen LogP contribution < -0.4 is 0 Å². The van der Waals surface area contributed by atoms with Crippen molar-refractivity contribution in [2.24, 2.45) is 39.5 Å². The third-order valence-electron chi connectivity index (χ3n) is 9.58. The van der Waals surface area contributed by atoms with Crippen LogP contribution >= 0.6 is 0 Å². The summed E-state index contributed by atoms with van der Waals surface area (Å²) in [6.07, 6.45) is 16.6. The number of hydrogen-bond acceptors (Lipinski definition) is 3. The van der Waals surface area contributed by atoms with E-state index in [1.165, 1.54) is 44.9 Å².